The molecule has 0 fully saturated rings. The van der Waals surface area contributed by atoms with Crippen molar-refractivity contribution in [1.82, 2.24) is 0 Å². The molecule has 0 amide bonds. The Hall–Kier alpha value is -2.91. The van der Waals surface area contributed by atoms with E-state index in [1.807, 2.05) is 0 Å². The summed E-state index contributed by atoms with van der Waals surface area (Å²) in [6.45, 7) is -4.77. The summed E-state index contributed by atoms with van der Waals surface area (Å²) in [5.74, 6) is -117. The third-order valence-electron chi connectivity index (χ3n) is 9.42. The van der Waals surface area contributed by atoms with Crippen LogP contribution in [-0.2, 0) is 23.1 Å². The second-order valence-electron chi connectivity index (χ2n) is 16.4. The maximum Gasteiger partial charge on any atom is 0.472 e. The van der Waals surface area contributed by atoms with E-state index >= 15 is 0 Å². The molecule has 0 saturated heterocycles. The van der Waals surface area contributed by atoms with Crippen molar-refractivity contribution < 1.29 is 182 Å². The molecular formula is C34H35F34NO6P+. The Kier molecular flexibility index (Phi) is 22.0. The van der Waals surface area contributed by atoms with Gasteiger partial charge in [0, 0.05) is 13.2 Å². The van der Waals surface area contributed by atoms with Crippen molar-refractivity contribution in [2.75, 3.05) is 60.7 Å². The Bertz CT molecular complexity index is 1990. The Morgan fingerprint density at radius 2 is 0.697 bits per heavy atom. The van der Waals surface area contributed by atoms with Crippen LogP contribution in [0.15, 0.2) is 24.3 Å². The van der Waals surface area contributed by atoms with Gasteiger partial charge in [0.1, 0.15) is 19.3 Å². The minimum absolute atomic E-state index is 0.00650. The summed E-state index contributed by atoms with van der Waals surface area (Å²) in [6, 6.07) is 0. The number of alkyl halides is 34. The number of hydrogen-bond donors (Lipinski definition) is 1. The van der Waals surface area contributed by atoms with Crippen molar-refractivity contribution in [2.45, 2.75) is 127 Å². The van der Waals surface area contributed by atoms with Crippen molar-refractivity contribution in [3.63, 3.8) is 0 Å². The summed E-state index contributed by atoms with van der Waals surface area (Å²) < 4.78 is 490. The first-order valence-corrected chi connectivity index (χ1v) is 20.9. The minimum Gasteiger partial charge on any atom is -0.379 e. The first kappa shape index (κ1) is 73.1. The molecule has 0 heterocycles. The Morgan fingerprint density at radius 1 is 0.408 bits per heavy atom. The van der Waals surface area contributed by atoms with Gasteiger partial charge in [-0.25, -0.2) is 4.57 Å². The highest BCUT2D eigenvalue weighted by molar-refractivity contribution is 7.47. The van der Waals surface area contributed by atoms with Crippen LogP contribution in [0, 0.1) is 0 Å². The van der Waals surface area contributed by atoms with Crippen molar-refractivity contribution in [3.05, 3.63) is 24.3 Å². The van der Waals surface area contributed by atoms with Crippen LogP contribution in [0.1, 0.15) is 25.7 Å². The molecule has 0 aromatic heterocycles. The van der Waals surface area contributed by atoms with Gasteiger partial charge in [-0.15, -0.1) is 0 Å². The highest BCUT2D eigenvalue weighted by atomic mass is 31.2. The number of ether oxygens (including phenoxy) is 2. The standard InChI is InChI=1S/C34H34F34NO6P/c1-69(2,3)12-15-74-76(70,71)75-17-18(73-14-9-5-7-11-20(37,38)22(41,42)24(45,46)26(49,50)28(53,54)30(57,58)32(61,62)34(66,67)68)16-72-13-8-4-6-10-19(35,36)21(39,40)23(43,44)25(47,48)27(51,52)29(55,56)31(59,60)33(63,64)65/h6-7,10-11,18H,4-5,8-9,12-17H2,1-3H3/p+1/b10-6+,11-7+/t18-/m0/s1. The zero-order valence-corrected chi connectivity index (χ0v) is 38.1. The fourth-order valence-corrected chi connectivity index (χ4v) is 5.52. The van der Waals surface area contributed by atoms with E-state index in [9.17, 15) is 159 Å². The molecule has 42 heteroatoms. The number of hydrogen-bond acceptors (Lipinski definition) is 5. The van der Waals surface area contributed by atoms with Crippen LogP contribution in [-0.4, -0.2) is 171 Å². The van der Waals surface area contributed by atoms with Crippen LogP contribution in [0.2, 0.25) is 0 Å². The van der Waals surface area contributed by atoms with Crippen LogP contribution in [0.3, 0.4) is 0 Å². The third-order valence-corrected chi connectivity index (χ3v) is 10.4. The average molecular weight is 1230 g/mol. The molecule has 1 unspecified atom stereocenters. The van der Waals surface area contributed by atoms with E-state index in [1.54, 1.807) is 21.1 Å². The number of phosphoric acid groups is 1. The number of rotatable bonds is 32. The van der Waals surface area contributed by atoms with E-state index in [0.29, 0.717) is 0 Å². The van der Waals surface area contributed by atoms with Gasteiger partial charge in [-0.3, -0.25) is 9.05 Å². The van der Waals surface area contributed by atoms with E-state index in [4.69, 9.17) is 9.47 Å². The summed E-state index contributed by atoms with van der Waals surface area (Å²) in [6.07, 6.45) is -25.7. The maximum atomic E-state index is 14.2. The number of phosphoric ester groups is 1. The van der Waals surface area contributed by atoms with Gasteiger partial charge in [0.2, 0.25) is 0 Å². The average Bonchev–Trinajstić information content (AvgIpc) is 3.20. The molecule has 454 valence electrons. The van der Waals surface area contributed by atoms with E-state index in [-0.39, 0.29) is 17.1 Å². The Balaban J connectivity index is 6.19. The van der Waals surface area contributed by atoms with Crippen LogP contribution in [0.4, 0.5) is 149 Å². The topological polar surface area (TPSA) is 74.2 Å². The van der Waals surface area contributed by atoms with Gasteiger partial charge in [-0.2, -0.15) is 149 Å². The summed E-state index contributed by atoms with van der Waals surface area (Å²) in [5.41, 5.74) is 0. The highest BCUT2D eigenvalue weighted by Crippen LogP contribution is 2.66. The van der Waals surface area contributed by atoms with Gasteiger partial charge >= 0.3 is 103 Å². The van der Waals surface area contributed by atoms with Crippen LogP contribution in [0.5, 0.6) is 0 Å². The lowest BCUT2D eigenvalue weighted by Gasteiger charge is -2.42. The summed E-state index contributed by atoms with van der Waals surface area (Å²) in [4.78, 5) is 9.88. The van der Waals surface area contributed by atoms with Crippen LogP contribution >= 0.6 is 7.82 Å². The van der Waals surface area contributed by atoms with Gasteiger partial charge in [-0.05, 0) is 37.8 Å². The van der Waals surface area contributed by atoms with Crippen LogP contribution in [0.25, 0.3) is 0 Å². The normalized spacial score (nSPS) is 17.3. The lowest BCUT2D eigenvalue weighted by Crippen LogP contribution is -2.74. The van der Waals surface area contributed by atoms with Gasteiger partial charge < -0.3 is 18.9 Å². The smallest absolute Gasteiger partial charge is 0.379 e. The number of halogens is 34. The minimum atomic E-state index is -8.88. The monoisotopic (exact) mass is 1230 g/mol. The molecular weight excluding hydrogens is 1200 g/mol. The molecule has 1 N–H and O–H groups in total. The summed E-state index contributed by atoms with van der Waals surface area (Å²) in [7, 11) is -0.489. The summed E-state index contributed by atoms with van der Waals surface area (Å²) in [5, 5.41) is 0. The molecule has 0 aliphatic heterocycles. The molecule has 0 spiro atoms. The number of unbranched alkanes of at least 4 members (excludes halogenated alkanes) is 2. The first-order chi connectivity index (χ1) is 33.0. The fourth-order valence-electron chi connectivity index (χ4n) is 4.78. The first-order valence-electron chi connectivity index (χ1n) is 19.4. The van der Waals surface area contributed by atoms with Gasteiger partial charge in [0.15, 0.2) is 0 Å². The molecule has 0 aromatic rings. The molecule has 76 heavy (non-hydrogen) atoms. The molecule has 7 nitrogen and oxygen atoms in total. The lowest BCUT2D eigenvalue weighted by molar-refractivity contribution is -0.870. The Morgan fingerprint density at radius 3 is 1.00 bits per heavy atom. The second-order valence-corrected chi connectivity index (χ2v) is 17.9. The SMILES string of the molecule is C[N+](C)(C)CCOP(=O)(O)OC[C@H](COCCC/C=C/C(F)(F)C(F)(F)C(F)(F)C(F)(F)C(F)(F)C(F)(F)C(F)(F)C(F)(F)F)OCCC/C=C/C(F)(F)C(F)(F)C(F)(F)C(F)(F)C(F)(F)C(F)(F)C(F)(F)C(F)(F)F. The largest absolute Gasteiger partial charge is 0.472 e. The van der Waals surface area contributed by atoms with Gasteiger partial charge in [0.05, 0.1) is 34.4 Å². The molecule has 0 bridgehead atoms. The molecule has 0 aliphatic carbocycles. The molecule has 0 aliphatic rings. The van der Waals surface area contributed by atoms with E-state index in [0.717, 1.165) is 0 Å². The maximum absolute atomic E-state index is 14.2. The molecule has 0 saturated carbocycles. The van der Waals surface area contributed by atoms with E-state index in [2.05, 4.69) is 9.05 Å². The van der Waals surface area contributed by atoms with Crippen molar-refractivity contribution in [3.8, 4) is 0 Å². The van der Waals surface area contributed by atoms with Gasteiger partial charge in [-0.1, -0.05) is 12.2 Å². The third kappa shape index (κ3) is 14.0. The number of quaternary nitrogens is 1. The molecule has 0 radical (unpaired) electrons. The second kappa shape index (κ2) is 22.9. The van der Waals surface area contributed by atoms with Crippen LogP contribution < -0.4 is 0 Å². The Labute approximate surface area is 402 Å². The highest BCUT2D eigenvalue weighted by Gasteiger charge is 2.96. The molecule has 2 atom stereocenters. The van der Waals surface area contributed by atoms with Crippen molar-refractivity contribution >= 4 is 7.82 Å². The zero-order chi connectivity index (χ0) is 61.3. The lowest BCUT2D eigenvalue weighted by atomic mass is 9.89. The number of nitrogens with zero attached hydrogens (tertiary/aromatic N) is 1. The fraction of sp³-hybridized carbons (Fsp3) is 0.882. The predicted octanol–water partition coefficient (Wildman–Crippen LogP) is 13.9. The molecule has 0 rings (SSSR count). The van der Waals surface area contributed by atoms with E-state index < -0.39 is 186 Å². The number of allylic oxidation sites excluding steroid dienone is 4. The predicted molar refractivity (Wildman–Crippen MR) is 183 cm³/mol. The molecule has 0 aromatic carbocycles. The van der Waals surface area contributed by atoms with Gasteiger partial charge in [0.25, 0.3) is 0 Å². The van der Waals surface area contributed by atoms with E-state index in [1.165, 1.54) is 0 Å². The van der Waals surface area contributed by atoms with Crippen molar-refractivity contribution in [1.29, 1.82) is 0 Å². The quantitative estimate of drug-likeness (QED) is 0.0238. The van der Waals surface area contributed by atoms with Crippen molar-refractivity contribution in [2.24, 2.45) is 0 Å². The summed E-state index contributed by atoms with van der Waals surface area (Å²) >= 11 is 0. The number of likely N-dealkylation sites (N-methyl/N-ethyl adjacent to an activating group) is 1. The zero-order valence-electron chi connectivity index (χ0n) is 37.2.